The number of allylic oxidation sites excluding steroid dienone is 2. The lowest BCUT2D eigenvalue weighted by Gasteiger charge is -2.25. The number of hydrogen-bond donors (Lipinski definition) is 2. The molecule has 2 unspecified atom stereocenters. The number of aliphatic hydroxyl groups excluding tert-OH is 1. The van der Waals surface area contributed by atoms with Crippen LogP contribution in [0, 0.1) is 0 Å². The molecule has 74 valence electrons. The van der Waals surface area contributed by atoms with Crippen LogP contribution in [0.1, 0.15) is 20.3 Å². The normalized spacial score (nSPS) is 25.3. The van der Waals surface area contributed by atoms with Crippen molar-refractivity contribution >= 4 is 15.9 Å². The molecule has 13 heavy (non-hydrogen) atoms. The Hall–Kier alpha value is -0.350. The molecule has 1 rings (SSSR count). The summed E-state index contributed by atoms with van der Waals surface area (Å²) in [6, 6.07) is -0.591. The van der Waals surface area contributed by atoms with Crippen LogP contribution in [0.5, 0.6) is 0 Å². The third-order valence-corrected chi connectivity index (χ3v) is 3.01. The number of dihydropyridines is 1. The SMILES string of the molecule is CCC(O)C1NC=C(Br)C(C)=C1F. The van der Waals surface area contributed by atoms with Gasteiger partial charge in [-0.2, -0.15) is 0 Å². The Morgan fingerprint density at radius 1 is 1.77 bits per heavy atom. The van der Waals surface area contributed by atoms with Crippen LogP contribution in [-0.4, -0.2) is 17.3 Å². The van der Waals surface area contributed by atoms with E-state index in [2.05, 4.69) is 21.2 Å². The lowest BCUT2D eigenvalue weighted by Crippen LogP contribution is -2.39. The van der Waals surface area contributed by atoms with Gasteiger partial charge in [-0.15, -0.1) is 0 Å². The van der Waals surface area contributed by atoms with Gasteiger partial charge < -0.3 is 10.4 Å². The van der Waals surface area contributed by atoms with Crippen molar-refractivity contribution in [3.8, 4) is 0 Å². The van der Waals surface area contributed by atoms with Crippen LogP contribution in [-0.2, 0) is 0 Å². The van der Waals surface area contributed by atoms with Crippen molar-refractivity contribution < 1.29 is 9.50 Å². The molecule has 0 saturated heterocycles. The summed E-state index contributed by atoms with van der Waals surface area (Å²) in [7, 11) is 0. The highest BCUT2D eigenvalue weighted by atomic mass is 79.9. The summed E-state index contributed by atoms with van der Waals surface area (Å²) < 4.78 is 14.2. The molecule has 1 aliphatic rings. The van der Waals surface area contributed by atoms with E-state index in [9.17, 15) is 9.50 Å². The van der Waals surface area contributed by atoms with Crippen LogP contribution in [0.3, 0.4) is 0 Å². The number of nitrogens with one attached hydrogen (secondary N) is 1. The van der Waals surface area contributed by atoms with Gasteiger partial charge in [0.25, 0.3) is 0 Å². The summed E-state index contributed by atoms with van der Waals surface area (Å²) in [6.45, 7) is 3.51. The molecule has 0 aromatic rings. The van der Waals surface area contributed by atoms with Gasteiger partial charge in [-0.05, 0) is 34.8 Å². The van der Waals surface area contributed by atoms with Crippen LogP contribution >= 0.6 is 15.9 Å². The van der Waals surface area contributed by atoms with Crippen LogP contribution < -0.4 is 5.32 Å². The molecule has 0 aliphatic carbocycles. The zero-order valence-electron chi connectivity index (χ0n) is 7.64. The van der Waals surface area contributed by atoms with E-state index in [0.717, 1.165) is 0 Å². The maximum Gasteiger partial charge on any atom is 0.129 e. The van der Waals surface area contributed by atoms with Crippen molar-refractivity contribution in [3.63, 3.8) is 0 Å². The van der Waals surface area contributed by atoms with E-state index in [1.807, 2.05) is 6.92 Å². The van der Waals surface area contributed by atoms with E-state index in [-0.39, 0.29) is 5.83 Å². The van der Waals surface area contributed by atoms with Crippen LogP contribution in [0.25, 0.3) is 0 Å². The van der Waals surface area contributed by atoms with Crippen LogP contribution in [0.15, 0.2) is 22.1 Å². The highest BCUT2D eigenvalue weighted by molar-refractivity contribution is 9.12. The summed E-state index contributed by atoms with van der Waals surface area (Å²) in [5, 5.41) is 12.3. The van der Waals surface area contributed by atoms with Crippen molar-refractivity contribution in [2.24, 2.45) is 0 Å². The van der Waals surface area contributed by atoms with Crippen LogP contribution in [0.4, 0.5) is 4.39 Å². The van der Waals surface area contributed by atoms with Gasteiger partial charge in [-0.25, -0.2) is 4.39 Å². The maximum atomic E-state index is 13.5. The van der Waals surface area contributed by atoms with Crippen molar-refractivity contribution in [2.45, 2.75) is 32.4 Å². The zero-order valence-corrected chi connectivity index (χ0v) is 9.23. The van der Waals surface area contributed by atoms with Gasteiger partial charge in [0, 0.05) is 10.7 Å². The van der Waals surface area contributed by atoms with Crippen molar-refractivity contribution in [1.29, 1.82) is 0 Å². The van der Waals surface area contributed by atoms with E-state index >= 15 is 0 Å². The molecule has 0 radical (unpaired) electrons. The molecule has 0 bridgehead atoms. The Bertz CT molecular complexity index is 262. The second-order valence-corrected chi connectivity index (χ2v) is 3.94. The van der Waals surface area contributed by atoms with E-state index < -0.39 is 12.1 Å². The average Bonchev–Trinajstić information content (AvgIpc) is 2.13. The van der Waals surface area contributed by atoms with Crippen molar-refractivity contribution in [2.75, 3.05) is 0 Å². The molecule has 0 amide bonds. The third-order valence-electron chi connectivity index (χ3n) is 2.18. The van der Waals surface area contributed by atoms with Gasteiger partial charge in [0.2, 0.25) is 0 Å². The Morgan fingerprint density at radius 2 is 2.38 bits per heavy atom. The molecule has 2 nitrogen and oxygen atoms in total. The first kappa shape index (κ1) is 10.7. The number of rotatable bonds is 2. The molecule has 2 N–H and O–H groups in total. The Labute approximate surface area is 85.7 Å². The standard InChI is InChI=1S/C9H13BrFNO/c1-3-7(13)9-8(11)5(2)6(10)4-12-9/h4,7,9,12-13H,3H2,1-2H3. The fraction of sp³-hybridized carbons (Fsp3) is 0.556. The van der Waals surface area contributed by atoms with Gasteiger partial charge in [0.15, 0.2) is 0 Å². The third kappa shape index (κ3) is 2.11. The smallest absolute Gasteiger partial charge is 0.129 e. The second-order valence-electron chi connectivity index (χ2n) is 3.09. The summed E-state index contributed by atoms with van der Waals surface area (Å²) in [5.41, 5.74) is 0.552. The zero-order chi connectivity index (χ0) is 10.0. The summed E-state index contributed by atoms with van der Waals surface area (Å²) in [5.74, 6) is -0.288. The molecule has 0 spiro atoms. The van der Waals surface area contributed by atoms with E-state index in [4.69, 9.17) is 0 Å². The first-order valence-corrected chi connectivity index (χ1v) is 5.03. The molecule has 2 atom stereocenters. The Kier molecular flexibility index (Phi) is 3.50. The lowest BCUT2D eigenvalue weighted by atomic mass is 10.0. The first-order valence-electron chi connectivity index (χ1n) is 4.24. The molecule has 4 heteroatoms. The molecular weight excluding hydrogens is 237 g/mol. The summed E-state index contributed by atoms with van der Waals surface area (Å²) in [6.07, 6.45) is 1.53. The largest absolute Gasteiger partial charge is 0.391 e. The Balaban J connectivity index is 2.85. The van der Waals surface area contributed by atoms with Crippen molar-refractivity contribution in [1.82, 2.24) is 5.32 Å². The minimum absolute atomic E-state index is 0.288. The van der Waals surface area contributed by atoms with Gasteiger partial charge in [0.05, 0.1) is 6.10 Å². The van der Waals surface area contributed by atoms with Crippen LogP contribution in [0.2, 0.25) is 0 Å². The highest BCUT2D eigenvalue weighted by Crippen LogP contribution is 2.27. The monoisotopic (exact) mass is 249 g/mol. The van der Waals surface area contributed by atoms with Gasteiger partial charge in [-0.3, -0.25) is 0 Å². The number of aliphatic hydroxyl groups is 1. The molecule has 0 aromatic heterocycles. The predicted molar refractivity (Wildman–Crippen MR) is 54.0 cm³/mol. The summed E-state index contributed by atoms with van der Waals surface area (Å²) >= 11 is 3.21. The number of halogens is 2. The first-order chi connectivity index (χ1) is 6.07. The predicted octanol–water partition coefficient (Wildman–Crippen LogP) is 2.21. The van der Waals surface area contributed by atoms with Gasteiger partial charge in [-0.1, -0.05) is 6.92 Å². The molecule has 0 aromatic carbocycles. The topological polar surface area (TPSA) is 32.3 Å². The molecule has 1 aliphatic heterocycles. The fourth-order valence-corrected chi connectivity index (χ4v) is 1.53. The van der Waals surface area contributed by atoms with E-state index in [0.29, 0.717) is 16.5 Å². The van der Waals surface area contributed by atoms with Gasteiger partial charge in [0.1, 0.15) is 11.9 Å². The molecule has 1 heterocycles. The fourth-order valence-electron chi connectivity index (χ4n) is 1.21. The molecule has 0 fully saturated rings. The second kappa shape index (κ2) is 4.24. The lowest BCUT2D eigenvalue weighted by molar-refractivity contribution is 0.132. The van der Waals surface area contributed by atoms with E-state index in [1.165, 1.54) is 0 Å². The maximum absolute atomic E-state index is 13.5. The minimum atomic E-state index is -0.674. The average molecular weight is 250 g/mol. The van der Waals surface area contributed by atoms with Gasteiger partial charge >= 0.3 is 0 Å². The summed E-state index contributed by atoms with van der Waals surface area (Å²) in [4.78, 5) is 0. The van der Waals surface area contributed by atoms with Crippen molar-refractivity contribution in [3.05, 3.63) is 22.1 Å². The van der Waals surface area contributed by atoms with E-state index in [1.54, 1.807) is 13.1 Å². The molecule has 0 saturated carbocycles. The molecular formula is C9H13BrFNO. The highest BCUT2D eigenvalue weighted by Gasteiger charge is 2.26. The minimum Gasteiger partial charge on any atom is -0.391 e. The Morgan fingerprint density at radius 3 is 2.92 bits per heavy atom. The number of hydrogen-bond acceptors (Lipinski definition) is 2. The quantitative estimate of drug-likeness (QED) is 0.787.